The summed E-state index contributed by atoms with van der Waals surface area (Å²) < 4.78 is 0. The summed E-state index contributed by atoms with van der Waals surface area (Å²) in [5.41, 5.74) is 2.10. The molecule has 13 heavy (non-hydrogen) atoms. The minimum atomic E-state index is 0.378. The molecule has 0 aliphatic rings. The zero-order valence-electron chi connectivity index (χ0n) is 8.10. The van der Waals surface area contributed by atoms with Crippen molar-refractivity contribution in [2.75, 3.05) is 0 Å². The summed E-state index contributed by atoms with van der Waals surface area (Å²) in [6.45, 7) is 4.15. The number of halogens is 1. The van der Waals surface area contributed by atoms with Crippen molar-refractivity contribution in [1.82, 2.24) is 0 Å². The smallest absolute Gasteiger partial charge is 0.119 e. The summed E-state index contributed by atoms with van der Waals surface area (Å²) in [6.07, 6.45) is 2.80. The minimum absolute atomic E-state index is 0.378. The Labute approximate surface area is 84.4 Å². The standard InChI is InChI=1S/C11H15ClO/c1-3-5-9-8(4-2)10(12)6-7-11(9)13/h6-7,13H,3-5H2,1-2H3. The molecule has 0 bridgehead atoms. The molecule has 0 aliphatic heterocycles. The van der Waals surface area contributed by atoms with Crippen molar-refractivity contribution in [2.45, 2.75) is 33.1 Å². The molecule has 0 fully saturated rings. The molecule has 0 unspecified atom stereocenters. The van der Waals surface area contributed by atoms with Gasteiger partial charge in [0.05, 0.1) is 0 Å². The average Bonchev–Trinajstić information content (AvgIpc) is 2.12. The lowest BCUT2D eigenvalue weighted by molar-refractivity contribution is 0.466. The number of phenols is 1. The first-order chi connectivity index (χ1) is 6.20. The van der Waals surface area contributed by atoms with Crippen LogP contribution in [-0.2, 0) is 12.8 Å². The molecule has 0 heterocycles. The summed E-state index contributed by atoms with van der Waals surface area (Å²) in [6, 6.07) is 3.43. The molecule has 1 aromatic rings. The van der Waals surface area contributed by atoms with Gasteiger partial charge < -0.3 is 5.11 Å². The first-order valence-corrected chi connectivity index (χ1v) is 5.07. The van der Waals surface area contributed by atoms with Crippen LogP contribution >= 0.6 is 11.6 Å². The van der Waals surface area contributed by atoms with E-state index in [1.54, 1.807) is 12.1 Å². The molecule has 72 valence electrons. The topological polar surface area (TPSA) is 20.2 Å². The van der Waals surface area contributed by atoms with Crippen molar-refractivity contribution < 1.29 is 5.11 Å². The second-order valence-electron chi connectivity index (χ2n) is 3.13. The highest BCUT2D eigenvalue weighted by Gasteiger charge is 2.08. The van der Waals surface area contributed by atoms with E-state index in [1.165, 1.54) is 0 Å². The maximum Gasteiger partial charge on any atom is 0.119 e. The van der Waals surface area contributed by atoms with Gasteiger partial charge in [-0.2, -0.15) is 0 Å². The molecular weight excluding hydrogens is 184 g/mol. The summed E-state index contributed by atoms with van der Waals surface area (Å²) in [5, 5.41) is 10.4. The molecule has 1 aromatic carbocycles. The van der Waals surface area contributed by atoms with E-state index in [2.05, 4.69) is 13.8 Å². The average molecular weight is 199 g/mol. The van der Waals surface area contributed by atoms with Gasteiger partial charge in [-0.05, 0) is 36.1 Å². The fourth-order valence-corrected chi connectivity index (χ4v) is 1.87. The van der Waals surface area contributed by atoms with E-state index in [0.29, 0.717) is 5.75 Å². The van der Waals surface area contributed by atoms with E-state index < -0.39 is 0 Å². The largest absolute Gasteiger partial charge is 0.508 e. The fourth-order valence-electron chi connectivity index (χ4n) is 1.56. The van der Waals surface area contributed by atoms with E-state index in [1.807, 2.05) is 0 Å². The van der Waals surface area contributed by atoms with Gasteiger partial charge in [-0.25, -0.2) is 0 Å². The maximum absolute atomic E-state index is 9.62. The second kappa shape index (κ2) is 4.52. The molecule has 0 radical (unpaired) electrons. The lowest BCUT2D eigenvalue weighted by Gasteiger charge is -2.10. The maximum atomic E-state index is 9.62. The zero-order valence-corrected chi connectivity index (χ0v) is 8.86. The Hall–Kier alpha value is -0.690. The van der Waals surface area contributed by atoms with Crippen LogP contribution in [0.3, 0.4) is 0 Å². The summed E-state index contributed by atoms with van der Waals surface area (Å²) in [7, 11) is 0. The van der Waals surface area contributed by atoms with Crippen LogP contribution in [0, 0.1) is 0 Å². The normalized spacial score (nSPS) is 10.4. The first kappa shape index (κ1) is 10.4. The number of benzene rings is 1. The lowest BCUT2D eigenvalue weighted by atomic mass is 10.0. The van der Waals surface area contributed by atoms with Crippen LogP contribution in [0.15, 0.2) is 12.1 Å². The Kier molecular flexibility index (Phi) is 3.61. The van der Waals surface area contributed by atoms with Crippen molar-refractivity contribution in [3.63, 3.8) is 0 Å². The number of aromatic hydroxyl groups is 1. The van der Waals surface area contributed by atoms with Gasteiger partial charge >= 0.3 is 0 Å². The van der Waals surface area contributed by atoms with Crippen molar-refractivity contribution in [2.24, 2.45) is 0 Å². The zero-order chi connectivity index (χ0) is 9.84. The van der Waals surface area contributed by atoms with Gasteiger partial charge in [0.2, 0.25) is 0 Å². The molecule has 0 saturated heterocycles. The van der Waals surface area contributed by atoms with Crippen LogP contribution in [0.25, 0.3) is 0 Å². The molecule has 0 aliphatic carbocycles. The van der Waals surface area contributed by atoms with Crippen molar-refractivity contribution in [3.05, 3.63) is 28.3 Å². The van der Waals surface area contributed by atoms with Gasteiger partial charge in [0.25, 0.3) is 0 Å². The van der Waals surface area contributed by atoms with Crippen LogP contribution in [0.4, 0.5) is 0 Å². The molecule has 0 saturated carbocycles. The number of hydrogen-bond acceptors (Lipinski definition) is 1. The highest BCUT2D eigenvalue weighted by Crippen LogP contribution is 2.29. The molecular formula is C11H15ClO. The van der Waals surface area contributed by atoms with Crippen molar-refractivity contribution >= 4 is 11.6 Å². The molecule has 0 spiro atoms. The van der Waals surface area contributed by atoms with Gasteiger partial charge in [0.1, 0.15) is 5.75 Å². The van der Waals surface area contributed by atoms with Crippen LogP contribution in [0.1, 0.15) is 31.4 Å². The number of phenolic OH excluding ortho intramolecular Hbond substituents is 1. The number of rotatable bonds is 3. The SMILES string of the molecule is CCCc1c(O)ccc(Cl)c1CC. The Morgan fingerprint density at radius 2 is 1.92 bits per heavy atom. The van der Waals surface area contributed by atoms with Gasteiger partial charge in [-0.1, -0.05) is 31.9 Å². The van der Waals surface area contributed by atoms with E-state index in [4.69, 9.17) is 11.6 Å². The Morgan fingerprint density at radius 1 is 1.23 bits per heavy atom. The van der Waals surface area contributed by atoms with Crippen LogP contribution < -0.4 is 0 Å². The third kappa shape index (κ3) is 2.16. The van der Waals surface area contributed by atoms with Crippen molar-refractivity contribution in [1.29, 1.82) is 0 Å². The van der Waals surface area contributed by atoms with Crippen LogP contribution in [-0.4, -0.2) is 5.11 Å². The van der Waals surface area contributed by atoms with Gasteiger partial charge in [-0.3, -0.25) is 0 Å². The molecule has 2 heteroatoms. The molecule has 1 nitrogen and oxygen atoms in total. The molecule has 1 N–H and O–H groups in total. The van der Waals surface area contributed by atoms with Crippen LogP contribution in [0.5, 0.6) is 5.75 Å². The van der Waals surface area contributed by atoms with E-state index in [0.717, 1.165) is 35.4 Å². The summed E-state index contributed by atoms with van der Waals surface area (Å²) in [4.78, 5) is 0. The highest BCUT2D eigenvalue weighted by atomic mass is 35.5. The third-order valence-corrected chi connectivity index (χ3v) is 2.56. The Balaban J connectivity index is 3.18. The van der Waals surface area contributed by atoms with E-state index in [-0.39, 0.29) is 0 Å². The second-order valence-corrected chi connectivity index (χ2v) is 3.53. The van der Waals surface area contributed by atoms with Crippen LogP contribution in [0.2, 0.25) is 5.02 Å². The molecule has 1 rings (SSSR count). The monoisotopic (exact) mass is 198 g/mol. The fraction of sp³-hybridized carbons (Fsp3) is 0.455. The van der Waals surface area contributed by atoms with Gasteiger partial charge in [0.15, 0.2) is 0 Å². The summed E-state index contributed by atoms with van der Waals surface area (Å²) >= 11 is 6.03. The first-order valence-electron chi connectivity index (χ1n) is 4.69. The van der Waals surface area contributed by atoms with Crippen molar-refractivity contribution in [3.8, 4) is 5.75 Å². The van der Waals surface area contributed by atoms with Gasteiger partial charge in [0, 0.05) is 5.02 Å². The quantitative estimate of drug-likeness (QED) is 0.788. The Bertz CT molecular complexity index is 294. The van der Waals surface area contributed by atoms with E-state index >= 15 is 0 Å². The van der Waals surface area contributed by atoms with Gasteiger partial charge in [-0.15, -0.1) is 0 Å². The third-order valence-electron chi connectivity index (χ3n) is 2.20. The predicted molar refractivity (Wildman–Crippen MR) is 56.5 cm³/mol. The molecule has 0 atom stereocenters. The lowest BCUT2D eigenvalue weighted by Crippen LogP contribution is -1.94. The molecule has 0 aromatic heterocycles. The summed E-state index contributed by atoms with van der Waals surface area (Å²) in [5.74, 6) is 0.378. The highest BCUT2D eigenvalue weighted by molar-refractivity contribution is 6.31. The Morgan fingerprint density at radius 3 is 2.46 bits per heavy atom. The predicted octanol–water partition coefficient (Wildman–Crippen LogP) is 3.56. The van der Waals surface area contributed by atoms with E-state index in [9.17, 15) is 5.11 Å². The minimum Gasteiger partial charge on any atom is -0.508 e. The molecule has 0 amide bonds. The number of hydrogen-bond donors (Lipinski definition) is 1.